The molecule has 35 heavy (non-hydrogen) atoms. The van der Waals surface area contributed by atoms with Crippen LogP contribution in [0.1, 0.15) is 50.7 Å². The number of allylic oxidation sites excluding steroid dienone is 2. The molecule has 1 aromatic rings. The number of hydrogen-bond donors (Lipinski definition) is 0. The summed E-state index contributed by atoms with van der Waals surface area (Å²) in [5, 5.41) is 10.1. The molecule has 0 saturated carbocycles. The van der Waals surface area contributed by atoms with Crippen molar-refractivity contribution in [2.75, 3.05) is 26.7 Å². The van der Waals surface area contributed by atoms with Crippen molar-refractivity contribution in [2.24, 2.45) is 0 Å². The normalized spacial score (nSPS) is 19.4. The third-order valence-corrected chi connectivity index (χ3v) is 6.68. The Morgan fingerprint density at radius 2 is 1.94 bits per heavy atom. The van der Waals surface area contributed by atoms with Crippen molar-refractivity contribution >= 4 is 0 Å². The molecular formula is C29H38F2N2O2. The summed E-state index contributed by atoms with van der Waals surface area (Å²) in [6.07, 6.45) is 3.43. The van der Waals surface area contributed by atoms with Crippen LogP contribution in [0.2, 0.25) is 0 Å². The molecule has 6 heteroatoms. The molecule has 3 rings (SSSR count). The minimum absolute atomic E-state index is 0.102. The molecule has 1 aliphatic carbocycles. The smallest absolute Gasteiger partial charge is 0.242 e. The van der Waals surface area contributed by atoms with Gasteiger partial charge in [0.05, 0.1) is 25.1 Å². The number of likely N-dealkylation sites (tertiary alicyclic amines) is 1. The van der Waals surface area contributed by atoms with Crippen LogP contribution in [0.5, 0.6) is 5.75 Å². The van der Waals surface area contributed by atoms with E-state index in [1.807, 2.05) is 32.1 Å². The van der Waals surface area contributed by atoms with Crippen LogP contribution in [0.15, 0.2) is 67.0 Å². The van der Waals surface area contributed by atoms with Gasteiger partial charge in [0.1, 0.15) is 17.6 Å². The highest BCUT2D eigenvalue weighted by Gasteiger charge is 2.37. The number of rotatable bonds is 9. The Morgan fingerprint density at radius 1 is 1.29 bits per heavy atom. The highest BCUT2D eigenvalue weighted by atomic mass is 19.3. The van der Waals surface area contributed by atoms with Crippen molar-refractivity contribution in [3.63, 3.8) is 0 Å². The second-order valence-electron chi connectivity index (χ2n) is 9.20. The third kappa shape index (κ3) is 7.53. The van der Waals surface area contributed by atoms with Gasteiger partial charge in [-0.1, -0.05) is 43.0 Å². The van der Waals surface area contributed by atoms with Crippen LogP contribution in [0.25, 0.3) is 0 Å². The van der Waals surface area contributed by atoms with Crippen molar-refractivity contribution < 1.29 is 18.3 Å². The van der Waals surface area contributed by atoms with Crippen LogP contribution in [-0.2, 0) is 16.6 Å². The molecule has 0 bridgehead atoms. The molecule has 0 N–H and O–H groups in total. The fourth-order valence-corrected chi connectivity index (χ4v) is 4.65. The maximum atomic E-state index is 13.2. The van der Waals surface area contributed by atoms with Crippen LogP contribution in [0, 0.1) is 11.3 Å². The van der Waals surface area contributed by atoms with Gasteiger partial charge in [-0.05, 0) is 49.5 Å². The molecule has 0 amide bonds. The first-order valence-corrected chi connectivity index (χ1v) is 12.0. The molecule has 2 aliphatic rings. The van der Waals surface area contributed by atoms with E-state index in [4.69, 9.17) is 9.47 Å². The molecule has 1 aliphatic heterocycles. The van der Waals surface area contributed by atoms with Gasteiger partial charge in [0.15, 0.2) is 0 Å². The van der Waals surface area contributed by atoms with E-state index >= 15 is 0 Å². The first-order valence-electron chi connectivity index (χ1n) is 12.0. The number of alkyl halides is 2. The summed E-state index contributed by atoms with van der Waals surface area (Å²) in [4.78, 5) is 2.22. The zero-order valence-corrected chi connectivity index (χ0v) is 21.3. The number of methoxy groups -OCH3 is 1. The quantitative estimate of drug-likeness (QED) is 0.287. The van der Waals surface area contributed by atoms with Gasteiger partial charge in [-0.25, -0.2) is 8.78 Å². The molecule has 190 valence electrons. The monoisotopic (exact) mass is 484 g/mol. The Balaban J connectivity index is 0.00000137. The summed E-state index contributed by atoms with van der Waals surface area (Å²) < 4.78 is 37.9. The summed E-state index contributed by atoms with van der Waals surface area (Å²) >= 11 is 0. The lowest BCUT2D eigenvalue weighted by Crippen LogP contribution is -2.42. The molecule has 1 aromatic carbocycles. The summed E-state index contributed by atoms with van der Waals surface area (Å²) in [6, 6.07) is 7.88. The first-order chi connectivity index (χ1) is 16.7. The van der Waals surface area contributed by atoms with E-state index in [1.54, 1.807) is 19.3 Å². The summed E-state index contributed by atoms with van der Waals surface area (Å²) in [5.41, 5.74) is 3.03. The van der Waals surface area contributed by atoms with Crippen molar-refractivity contribution in [3.05, 3.63) is 78.1 Å². The van der Waals surface area contributed by atoms with E-state index in [-0.39, 0.29) is 12.5 Å². The number of nitrogens with zero attached hydrogens (tertiary/aromatic N) is 2. The van der Waals surface area contributed by atoms with Gasteiger partial charge in [-0.3, -0.25) is 4.90 Å². The molecule has 1 heterocycles. The highest BCUT2D eigenvalue weighted by molar-refractivity contribution is 5.44. The van der Waals surface area contributed by atoms with Crippen LogP contribution in [0.3, 0.4) is 0 Å². The summed E-state index contributed by atoms with van der Waals surface area (Å²) in [6.45, 7) is 17.1. The molecule has 0 aromatic heterocycles. The van der Waals surface area contributed by atoms with Crippen LogP contribution >= 0.6 is 0 Å². The Labute approximate surface area is 209 Å². The van der Waals surface area contributed by atoms with Crippen LogP contribution in [0.4, 0.5) is 8.78 Å². The number of nitriles is 1. The Hall–Kier alpha value is -2.91. The van der Waals surface area contributed by atoms with Gasteiger partial charge in [-0.15, -0.1) is 6.58 Å². The lowest BCUT2D eigenvalue weighted by atomic mass is 9.73. The molecule has 1 atom stereocenters. The van der Waals surface area contributed by atoms with Gasteiger partial charge in [0.25, 0.3) is 0 Å². The standard InChI is InChI=1S/C26H32F2N2O2.C3H6/c1-5-20-13-23(12-18(20)2)32-24-15-22(7-6-21(24)14-25(27)28)26(17-29)8-10-30(11-9-26)16-19(3)31-4;1-3-2/h5-7,15,23,25H,1,3,8-14,16H2,2,4H3;3H,1H2,2H3. The van der Waals surface area contributed by atoms with Gasteiger partial charge in [-0.2, -0.15) is 5.26 Å². The van der Waals surface area contributed by atoms with Gasteiger partial charge >= 0.3 is 0 Å². The minimum atomic E-state index is -2.46. The largest absolute Gasteiger partial charge is 0.500 e. The average molecular weight is 485 g/mol. The Kier molecular flexibility index (Phi) is 10.7. The fraction of sp³-hybridized carbons (Fsp3) is 0.483. The number of ether oxygens (including phenoxy) is 2. The lowest BCUT2D eigenvalue weighted by Gasteiger charge is -2.38. The predicted octanol–water partition coefficient (Wildman–Crippen LogP) is 6.75. The fourth-order valence-electron chi connectivity index (χ4n) is 4.65. The minimum Gasteiger partial charge on any atom is -0.500 e. The second kappa shape index (κ2) is 13.3. The van der Waals surface area contributed by atoms with E-state index in [2.05, 4.69) is 30.7 Å². The highest BCUT2D eigenvalue weighted by Crippen LogP contribution is 2.39. The van der Waals surface area contributed by atoms with Gasteiger partial charge < -0.3 is 9.47 Å². The lowest BCUT2D eigenvalue weighted by molar-refractivity contribution is 0.145. The SMILES string of the molecule is C=CC.C=CC1=C(C)CC(Oc2cc(C3(C#N)CCN(CC(=C)OC)CC3)ccc2CC(F)F)C1. The van der Waals surface area contributed by atoms with Crippen LogP contribution < -0.4 is 4.74 Å². The Bertz CT molecular complexity index is 969. The molecule has 1 unspecified atom stereocenters. The zero-order chi connectivity index (χ0) is 26.0. The topological polar surface area (TPSA) is 45.5 Å². The van der Waals surface area contributed by atoms with E-state index in [0.717, 1.165) is 37.1 Å². The van der Waals surface area contributed by atoms with E-state index in [9.17, 15) is 14.0 Å². The van der Waals surface area contributed by atoms with Crippen molar-refractivity contribution in [2.45, 2.75) is 63.9 Å². The third-order valence-electron chi connectivity index (χ3n) is 6.68. The second-order valence-corrected chi connectivity index (χ2v) is 9.20. The molecule has 0 radical (unpaired) electrons. The van der Waals surface area contributed by atoms with E-state index in [0.29, 0.717) is 36.5 Å². The molecular weight excluding hydrogens is 446 g/mol. The average Bonchev–Trinajstić information content (AvgIpc) is 3.20. The first kappa shape index (κ1) is 28.3. The predicted molar refractivity (Wildman–Crippen MR) is 138 cm³/mol. The van der Waals surface area contributed by atoms with Crippen molar-refractivity contribution in [3.8, 4) is 11.8 Å². The van der Waals surface area contributed by atoms with E-state index in [1.165, 1.54) is 5.57 Å². The van der Waals surface area contributed by atoms with Crippen molar-refractivity contribution in [1.29, 1.82) is 5.26 Å². The molecule has 0 spiro atoms. The maximum absolute atomic E-state index is 13.2. The van der Waals surface area contributed by atoms with Crippen molar-refractivity contribution in [1.82, 2.24) is 4.90 Å². The number of piperidine rings is 1. The number of halogens is 2. The molecule has 1 saturated heterocycles. The van der Waals surface area contributed by atoms with E-state index < -0.39 is 11.8 Å². The van der Waals surface area contributed by atoms with Crippen LogP contribution in [-0.4, -0.2) is 44.2 Å². The van der Waals surface area contributed by atoms with Gasteiger partial charge in [0.2, 0.25) is 6.43 Å². The summed E-state index contributed by atoms with van der Waals surface area (Å²) in [7, 11) is 1.60. The Morgan fingerprint density at radius 3 is 2.46 bits per heavy atom. The van der Waals surface area contributed by atoms with Gasteiger partial charge in [0, 0.05) is 32.4 Å². The maximum Gasteiger partial charge on any atom is 0.242 e. The molecule has 4 nitrogen and oxygen atoms in total. The molecule has 1 fully saturated rings. The zero-order valence-electron chi connectivity index (χ0n) is 21.3. The number of hydrogen-bond acceptors (Lipinski definition) is 4. The number of benzene rings is 1. The summed E-state index contributed by atoms with van der Waals surface area (Å²) in [5.74, 6) is 1.16.